The van der Waals surface area contributed by atoms with Gasteiger partial charge in [-0.15, -0.1) is 11.3 Å². The molecular weight excluding hydrogens is 326 g/mol. The van der Waals surface area contributed by atoms with Crippen LogP contribution in [0, 0.1) is 0 Å². The van der Waals surface area contributed by atoms with Crippen molar-refractivity contribution in [2.24, 2.45) is 0 Å². The highest BCUT2D eigenvalue weighted by Crippen LogP contribution is 2.16. The van der Waals surface area contributed by atoms with Crippen LogP contribution < -0.4 is 10.9 Å². The van der Waals surface area contributed by atoms with Crippen LogP contribution in [0.1, 0.15) is 17.8 Å². The molecule has 6 nitrogen and oxygen atoms in total. The first kappa shape index (κ1) is 16.2. The van der Waals surface area contributed by atoms with Gasteiger partial charge >= 0.3 is 0 Å². The molecule has 0 radical (unpaired) electrons. The van der Waals surface area contributed by atoms with Gasteiger partial charge in [-0.2, -0.15) is 5.10 Å². The number of amides is 1. The van der Waals surface area contributed by atoms with Crippen molar-refractivity contribution in [1.29, 1.82) is 0 Å². The number of furan rings is 1. The molecular formula is C17H17N3O3S. The van der Waals surface area contributed by atoms with Gasteiger partial charge in [-0.05, 0) is 36.6 Å². The van der Waals surface area contributed by atoms with E-state index in [0.29, 0.717) is 24.4 Å². The highest BCUT2D eigenvalue weighted by Gasteiger charge is 2.13. The third-order valence-corrected chi connectivity index (χ3v) is 4.40. The molecule has 1 amide bonds. The van der Waals surface area contributed by atoms with Crippen LogP contribution in [-0.4, -0.2) is 22.2 Å². The quantitative estimate of drug-likeness (QED) is 0.746. The van der Waals surface area contributed by atoms with Gasteiger partial charge in [0.25, 0.3) is 5.56 Å². The first-order valence-corrected chi connectivity index (χ1v) is 8.44. The Hall–Kier alpha value is -2.67. The van der Waals surface area contributed by atoms with Gasteiger partial charge < -0.3 is 9.73 Å². The van der Waals surface area contributed by atoms with Crippen molar-refractivity contribution in [1.82, 2.24) is 15.1 Å². The smallest absolute Gasteiger partial charge is 0.267 e. The Morgan fingerprint density at radius 3 is 2.92 bits per heavy atom. The summed E-state index contributed by atoms with van der Waals surface area (Å²) in [5.41, 5.74) is 0.363. The van der Waals surface area contributed by atoms with E-state index in [0.717, 1.165) is 4.88 Å². The Kier molecular flexibility index (Phi) is 4.90. The Morgan fingerprint density at radius 1 is 1.33 bits per heavy atom. The van der Waals surface area contributed by atoms with Gasteiger partial charge in [-0.3, -0.25) is 9.59 Å². The van der Waals surface area contributed by atoms with E-state index in [4.69, 9.17) is 4.42 Å². The van der Waals surface area contributed by atoms with E-state index >= 15 is 0 Å². The molecule has 124 valence electrons. The van der Waals surface area contributed by atoms with Crippen molar-refractivity contribution in [3.63, 3.8) is 0 Å². The summed E-state index contributed by atoms with van der Waals surface area (Å²) in [6.45, 7) is 2.17. The molecule has 0 saturated heterocycles. The van der Waals surface area contributed by atoms with Crippen LogP contribution in [0.15, 0.2) is 57.3 Å². The van der Waals surface area contributed by atoms with E-state index in [1.807, 2.05) is 24.4 Å². The largest absolute Gasteiger partial charge is 0.463 e. The lowest BCUT2D eigenvalue weighted by Gasteiger charge is -2.15. The van der Waals surface area contributed by atoms with Crippen LogP contribution in [0.3, 0.4) is 0 Å². The fraction of sp³-hybridized carbons (Fsp3) is 0.235. The molecule has 0 fully saturated rings. The molecule has 0 bridgehead atoms. The number of carbonyl (C=O) groups excluding carboxylic acids is 1. The first-order valence-electron chi connectivity index (χ1n) is 7.56. The standard InChI is InChI=1S/C17H17N3O3S/c1-12(11-18-16(21)10-13-4-3-9-24-13)20-17(22)7-6-14(19-20)15-5-2-8-23-15/h2-9,12H,10-11H2,1H3,(H,18,21). The second-order valence-electron chi connectivity index (χ2n) is 5.39. The maximum absolute atomic E-state index is 12.0. The molecule has 3 aromatic heterocycles. The number of nitrogens with one attached hydrogen (secondary N) is 1. The van der Waals surface area contributed by atoms with E-state index in [1.54, 1.807) is 35.8 Å². The Bertz CT molecular complexity index is 854. The highest BCUT2D eigenvalue weighted by atomic mass is 32.1. The molecule has 3 rings (SSSR count). The number of hydrogen-bond donors (Lipinski definition) is 1. The molecule has 1 unspecified atom stereocenters. The maximum Gasteiger partial charge on any atom is 0.267 e. The molecule has 0 aliphatic carbocycles. The fourth-order valence-electron chi connectivity index (χ4n) is 2.28. The Labute approximate surface area is 142 Å². The van der Waals surface area contributed by atoms with E-state index in [-0.39, 0.29) is 17.5 Å². The van der Waals surface area contributed by atoms with Crippen molar-refractivity contribution in [3.05, 3.63) is 63.3 Å². The van der Waals surface area contributed by atoms with Crippen molar-refractivity contribution < 1.29 is 9.21 Å². The van der Waals surface area contributed by atoms with E-state index in [9.17, 15) is 9.59 Å². The molecule has 0 saturated carbocycles. The van der Waals surface area contributed by atoms with Crippen molar-refractivity contribution >= 4 is 17.2 Å². The zero-order valence-corrected chi connectivity index (χ0v) is 14.0. The lowest BCUT2D eigenvalue weighted by atomic mass is 10.3. The Morgan fingerprint density at radius 2 is 2.21 bits per heavy atom. The van der Waals surface area contributed by atoms with E-state index < -0.39 is 0 Å². The average molecular weight is 343 g/mol. The van der Waals surface area contributed by atoms with Crippen LogP contribution >= 0.6 is 11.3 Å². The molecule has 0 aliphatic heterocycles. The lowest BCUT2D eigenvalue weighted by Crippen LogP contribution is -2.35. The topological polar surface area (TPSA) is 77.1 Å². The highest BCUT2D eigenvalue weighted by molar-refractivity contribution is 7.10. The number of rotatable bonds is 6. The van der Waals surface area contributed by atoms with Gasteiger partial charge in [0.05, 0.1) is 18.7 Å². The van der Waals surface area contributed by atoms with Gasteiger partial charge in [0.15, 0.2) is 5.76 Å². The van der Waals surface area contributed by atoms with Crippen LogP contribution in [0.25, 0.3) is 11.5 Å². The zero-order valence-electron chi connectivity index (χ0n) is 13.1. The molecule has 0 aromatic carbocycles. The van der Waals surface area contributed by atoms with Gasteiger partial charge in [0, 0.05) is 17.5 Å². The number of thiophene rings is 1. The number of hydrogen-bond acceptors (Lipinski definition) is 5. The molecule has 1 N–H and O–H groups in total. The summed E-state index contributed by atoms with van der Waals surface area (Å²) in [7, 11) is 0. The minimum atomic E-state index is -0.264. The molecule has 7 heteroatoms. The van der Waals surface area contributed by atoms with Crippen LogP contribution in [0.2, 0.25) is 0 Å². The summed E-state index contributed by atoms with van der Waals surface area (Å²) in [5, 5.41) is 9.11. The minimum absolute atomic E-state index is 0.0699. The summed E-state index contributed by atoms with van der Waals surface area (Å²) < 4.78 is 6.67. The predicted molar refractivity (Wildman–Crippen MR) is 91.9 cm³/mol. The molecule has 3 heterocycles. The van der Waals surface area contributed by atoms with Crippen molar-refractivity contribution in [3.8, 4) is 11.5 Å². The summed E-state index contributed by atoms with van der Waals surface area (Å²) in [5.74, 6) is 0.525. The van der Waals surface area contributed by atoms with Crippen LogP contribution in [0.5, 0.6) is 0 Å². The van der Waals surface area contributed by atoms with Crippen molar-refractivity contribution in [2.45, 2.75) is 19.4 Å². The second kappa shape index (κ2) is 7.27. The summed E-state index contributed by atoms with van der Waals surface area (Å²) in [6, 6.07) is 10.2. The molecule has 1 atom stereocenters. The molecule has 0 spiro atoms. The monoisotopic (exact) mass is 343 g/mol. The van der Waals surface area contributed by atoms with Gasteiger partial charge in [-0.25, -0.2) is 4.68 Å². The van der Waals surface area contributed by atoms with Gasteiger partial charge in [-0.1, -0.05) is 6.07 Å². The predicted octanol–water partition coefficient (Wildman–Crippen LogP) is 2.48. The maximum atomic E-state index is 12.0. The molecule has 3 aromatic rings. The number of carbonyl (C=O) groups is 1. The van der Waals surface area contributed by atoms with Crippen LogP contribution in [-0.2, 0) is 11.2 Å². The lowest BCUT2D eigenvalue weighted by molar-refractivity contribution is -0.120. The Balaban J connectivity index is 1.66. The van der Waals surface area contributed by atoms with Gasteiger partial charge in [0.2, 0.25) is 5.91 Å². The zero-order chi connectivity index (χ0) is 16.9. The summed E-state index contributed by atoms with van der Waals surface area (Å²) in [4.78, 5) is 25.0. The van der Waals surface area contributed by atoms with E-state index in [1.165, 1.54) is 10.7 Å². The third-order valence-electron chi connectivity index (χ3n) is 3.53. The SMILES string of the molecule is CC(CNC(=O)Cc1cccs1)n1nc(-c2ccco2)ccc1=O. The minimum Gasteiger partial charge on any atom is -0.463 e. The summed E-state index contributed by atoms with van der Waals surface area (Å²) >= 11 is 1.55. The summed E-state index contributed by atoms with van der Waals surface area (Å²) in [6.07, 6.45) is 1.90. The normalized spacial score (nSPS) is 12.0. The van der Waals surface area contributed by atoms with Crippen molar-refractivity contribution in [2.75, 3.05) is 6.54 Å². The van der Waals surface area contributed by atoms with Gasteiger partial charge in [0.1, 0.15) is 5.69 Å². The molecule has 0 aliphatic rings. The number of aromatic nitrogens is 2. The number of nitrogens with zero attached hydrogens (tertiary/aromatic N) is 2. The second-order valence-corrected chi connectivity index (χ2v) is 6.42. The van der Waals surface area contributed by atoms with E-state index in [2.05, 4.69) is 10.4 Å². The fourth-order valence-corrected chi connectivity index (χ4v) is 2.98. The first-order chi connectivity index (χ1) is 11.6. The molecule has 24 heavy (non-hydrogen) atoms. The average Bonchev–Trinajstić information content (AvgIpc) is 3.26. The third kappa shape index (κ3) is 3.80. The van der Waals surface area contributed by atoms with Crippen LogP contribution in [0.4, 0.5) is 0 Å².